The lowest BCUT2D eigenvalue weighted by Gasteiger charge is -2.22. The Labute approximate surface area is 366 Å². The molecule has 3 unspecified atom stereocenters. The minimum absolute atomic E-state index is 0.140. The summed E-state index contributed by atoms with van der Waals surface area (Å²) >= 11 is 0. The van der Waals surface area contributed by atoms with E-state index in [1.807, 2.05) is 79.2 Å². The molecule has 0 spiro atoms. The zero-order valence-corrected chi connectivity index (χ0v) is 35.7. The van der Waals surface area contributed by atoms with Gasteiger partial charge in [-0.3, -0.25) is 34.7 Å². The molecule has 3 atom stereocenters. The first kappa shape index (κ1) is 41.6. The first-order valence-electron chi connectivity index (χ1n) is 21.6. The number of rotatable bonds is 17. The number of hydrogen-bond donors (Lipinski definition) is 2. The zero-order valence-electron chi connectivity index (χ0n) is 35.7. The van der Waals surface area contributed by atoms with Crippen LogP contribution in [-0.4, -0.2) is 75.0 Å². The molecule has 0 saturated carbocycles. The first-order valence-corrected chi connectivity index (χ1v) is 21.6. The van der Waals surface area contributed by atoms with Crippen LogP contribution >= 0.6 is 0 Å². The highest BCUT2D eigenvalue weighted by Gasteiger charge is 2.38. The number of aliphatic hydroxyl groups excluding tert-OH is 1. The SMILES string of the molecule is CCCNC(O)CCCCOc1cc(COc2cc3c(cc2OC)C(=O)N2c4ccccc4CC2C=N3)cc(COc2cc3c(cc2OC)C(=O)N2c4ccccc4CC2C=N3)c1. The molecule has 4 aliphatic rings. The van der Waals surface area contributed by atoms with Gasteiger partial charge in [-0.25, -0.2) is 0 Å². The number of carbonyl (C=O) groups is 2. The predicted molar refractivity (Wildman–Crippen MR) is 243 cm³/mol. The van der Waals surface area contributed by atoms with Gasteiger partial charge in [0.2, 0.25) is 0 Å². The summed E-state index contributed by atoms with van der Waals surface area (Å²) in [5.74, 6) is 2.06. The number of anilines is 2. The highest BCUT2D eigenvalue weighted by atomic mass is 16.5. The fourth-order valence-electron chi connectivity index (χ4n) is 8.72. The Balaban J connectivity index is 0.942. The molecule has 0 saturated heterocycles. The number of methoxy groups -OCH3 is 2. The normalized spacial score (nSPS) is 17.1. The van der Waals surface area contributed by atoms with Crippen molar-refractivity contribution >= 4 is 47.0 Å². The van der Waals surface area contributed by atoms with Gasteiger partial charge in [0.15, 0.2) is 23.0 Å². The minimum atomic E-state index is -0.542. The molecule has 4 aliphatic heterocycles. The maximum Gasteiger partial charge on any atom is 0.261 e. The average Bonchev–Trinajstić information content (AvgIpc) is 3.80. The smallest absolute Gasteiger partial charge is 0.261 e. The Morgan fingerprint density at radius 1 is 0.683 bits per heavy atom. The number of carbonyl (C=O) groups excluding carboxylic acids is 2. The van der Waals surface area contributed by atoms with Crippen LogP contribution in [0, 0.1) is 0 Å². The Bertz CT molecular complexity index is 2430. The van der Waals surface area contributed by atoms with Crippen molar-refractivity contribution in [3.63, 3.8) is 0 Å². The van der Waals surface area contributed by atoms with E-state index < -0.39 is 6.23 Å². The van der Waals surface area contributed by atoms with Crippen LogP contribution < -0.4 is 38.8 Å². The van der Waals surface area contributed by atoms with Gasteiger partial charge in [-0.2, -0.15) is 0 Å². The fourth-order valence-corrected chi connectivity index (χ4v) is 8.72. The van der Waals surface area contributed by atoms with Crippen LogP contribution in [0.15, 0.2) is 101 Å². The van der Waals surface area contributed by atoms with Crippen LogP contribution in [0.1, 0.15) is 75.6 Å². The predicted octanol–water partition coefficient (Wildman–Crippen LogP) is 8.30. The summed E-state index contributed by atoms with van der Waals surface area (Å²) < 4.78 is 30.7. The molecular weight excluding hydrogens is 799 g/mol. The fraction of sp³-hybridized carbons (Fsp3) is 0.320. The summed E-state index contributed by atoms with van der Waals surface area (Å²) in [4.78, 5) is 41.1. The number of nitrogens with zero attached hydrogens (tertiary/aromatic N) is 4. The second-order valence-electron chi connectivity index (χ2n) is 16.1. The van der Waals surface area contributed by atoms with Crippen molar-refractivity contribution in [1.82, 2.24) is 5.32 Å². The molecule has 0 fully saturated rings. The standard InChI is InChI=1S/C50H51N5O8/c1-4-16-51-48(56)15-9-10-17-61-37-19-31(29-62-46-25-40-38(23-44(46)59-2)49(57)54-35(27-52-40)21-33-11-5-7-13-42(33)54)18-32(20-37)30-63-47-26-41-39(24-45(47)60-3)50(58)55-36(28-53-41)22-34-12-6-8-14-43(34)55/h5-8,11-14,18-20,23-28,35-36,48,51,56H,4,9-10,15-17,21-22,29-30H2,1-3H3. The van der Waals surface area contributed by atoms with E-state index in [2.05, 4.69) is 12.2 Å². The quantitative estimate of drug-likeness (QED) is 0.0698. The number of aliphatic hydroxyl groups is 1. The van der Waals surface area contributed by atoms with Crippen molar-refractivity contribution in [2.45, 2.75) is 77.0 Å². The molecule has 2 amide bonds. The Kier molecular flexibility index (Phi) is 12.1. The van der Waals surface area contributed by atoms with E-state index in [-0.39, 0.29) is 37.1 Å². The lowest BCUT2D eigenvalue weighted by Crippen LogP contribution is -2.37. The maximum absolute atomic E-state index is 14.0. The van der Waals surface area contributed by atoms with Gasteiger partial charge in [0.1, 0.15) is 25.2 Å². The van der Waals surface area contributed by atoms with E-state index in [0.717, 1.165) is 59.4 Å². The second-order valence-corrected chi connectivity index (χ2v) is 16.1. The number of nitrogens with one attached hydrogen (secondary N) is 1. The van der Waals surface area contributed by atoms with E-state index in [0.29, 0.717) is 77.1 Å². The summed E-state index contributed by atoms with van der Waals surface area (Å²) in [5.41, 5.74) is 7.53. The molecule has 5 aromatic carbocycles. The van der Waals surface area contributed by atoms with Gasteiger partial charge in [0, 0.05) is 48.8 Å². The lowest BCUT2D eigenvalue weighted by atomic mass is 10.1. The van der Waals surface area contributed by atoms with Crippen LogP contribution in [0.5, 0.6) is 28.7 Å². The summed E-state index contributed by atoms with van der Waals surface area (Å²) in [7, 11) is 3.10. The monoisotopic (exact) mass is 849 g/mol. The van der Waals surface area contributed by atoms with E-state index in [1.165, 1.54) is 0 Å². The maximum atomic E-state index is 14.0. The average molecular weight is 850 g/mol. The van der Waals surface area contributed by atoms with E-state index in [1.54, 1.807) is 48.3 Å². The topological polar surface area (TPSA) is 144 Å². The molecule has 0 aliphatic carbocycles. The van der Waals surface area contributed by atoms with Crippen molar-refractivity contribution in [2.75, 3.05) is 37.2 Å². The molecule has 324 valence electrons. The molecule has 9 rings (SSSR count). The third kappa shape index (κ3) is 8.58. The van der Waals surface area contributed by atoms with Crippen LogP contribution in [0.4, 0.5) is 22.7 Å². The van der Waals surface area contributed by atoms with E-state index in [9.17, 15) is 14.7 Å². The molecule has 0 radical (unpaired) electrons. The molecule has 0 aromatic heterocycles. The second kappa shape index (κ2) is 18.3. The number of unbranched alkanes of at least 4 members (excludes halogenated alkanes) is 1. The van der Waals surface area contributed by atoms with Crippen LogP contribution in [-0.2, 0) is 26.1 Å². The van der Waals surface area contributed by atoms with Crippen LogP contribution in [0.3, 0.4) is 0 Å². The molecule has 4 heterocycles. The molecule has 2 N–H and O–H groups in total. The Morgan fingerprint density at radius 2 is 1.21 bits per heavy atom. The molecule has 63 heavy (non-hydrogen) atoms. The van der Waals surface area contributed by atoms with Gasteiger partial charge in [0.25, 0.3) is 11.8 Å². The van der Waals surface area contributed by atoms with Gasteiger partial charge >= 0.3 is 0 Å². The van der Waals surface area contributed by atoms with Crippen molar-refractivity contribution in [2.24, 2.45) is 9.98 Å². The van der Waals surface area contributed by atoms with Gasteiger partial charge in [-0.1, -0.05) is 43.3 Å². The summed E-state index contributed by atoms with van der Waals surface area (Å²) in [5, 5.41) is 13.3. The summed E-state index contributed by atoms with van der Waals surface area (Å²) in [6, 6.07) is 28.3. The van der Waals surface area contributed by atoms with Gasteiger partial charge in [-0.15, -0.1) is 0 Å². The van der Waals surface area contributed by atoms with Gasteiger partial charge in [0.05, 0.1) is 55.4 Å². The highest BCUT2D eigenvalue weighted by molar-refractivity contribution is 6.15. The molecule has 5 aromatic rings. The van der Waals surface area contributed by atoms with Crippen molar-refractivity contribution < 1.29 is 38.4 Å². The molecule has 13 heteroatoms. The van der Waals surface area contributed by atoms with Gasteiger partial charge in [-0.05, 0) is 96.9 Å². The number of benzene rings is 5. The van der Waals surface area contributed by atoms with E-state index >= 15 is 0 Å². The number of fused-ring (bicyclic) bond motifs is 8. The Hall–Kier alpha value is -6.70. The zero-order chi connectivity index (χ0) is 43.5. The van der Waals surface area contributed by atoms with Crippen LogP contribution in [0.2, 0.25) is 0 Å². The number of para-hydroxylation sites is 2. The minimum Gasteiger partial charge on any atom is -0.494 e. The number of ether oxygens (including phenoxy) is 5. The van der Waals surface area contributed by atoms with Crippen molar-refractivity contribution in [3.8, 4) is 28.7 Å². The number of aliphatic imine (C=N–C) groups is 2. The third-order valence-corrected chi connectivity index (χ3v) is 11.8. The molecular formula is C50H51N5O8. The third-order valence-electron chi connectivity index (χ3n) is 11.8. The van der Waals surface area contributed by atoms with Crippen molar-refractivity contribution in [1.29, 1.82) is 0 Å². The van der Waals surface area contributed by atoms with Crippen molar-refractivity contribution in [3.05, 3.63) is 124 Å². The number of hydrogen-bond acceptors (Lipinski definition) is 11. The molecule has 0 bridgehead atoms. The Morgan fingerprint density at radius 3 is 1.71 bits per heavy atom. The van der Waals surface area contributed by atoms with E-state index in [4.69, 9.17) is 33.7 Å². The number of amides is 2. The summed E-state index contributed by atoms with van der Waals surface area (Å²) in [6.07, 6.45) is 7.65. The molecule has 13 nitrogen and oxygen atoms in total. The largest absolute Gasteiger partial charge is 0.494 e. The van der Waals surface area contributed by atoms with Crippen LogP contribution in [0.25, 0.3) is 0 Å². The highest BCUT2D eigenvalue weighted by Crippen LogP contribution is 2.43. The summed E-state index contributed by atoms with van der Waals surface area (Å²) in [6.45, 7) is 3.58. The first-order chi connectivity index (χ1) is 30.8. The van der Waals surface area contributed by atoms with Gasteiger partial charge < -0.3 is 28.8 Å². The lowest BCUT2D eigenvalue weighted by molar-refractivity contribution is 0.0978.